The van der Waals surface area contributed by atoms with Crippen molar-refractivity contribution in [1.29, 1.82) is 0 Å². The number of rotatable bonds is 4. The third-order valence-corrected chi connectivity index (χ3v) is 1.14. The van der Waals surface area contributed by atoms with Crippen LogP contribution in [-0.2, 0) is 14.3 Å². The smallest absolute Gasteiger partial charge is 0.332 e. The van der Waals surface area contributed by atoms with Crippen molar-refractivity contribution in [2.45, 2.75) is 13.8 Å². The van der Waals surface area contributed by atoms with E-state index in [-0.39, 0.29) is 12.5 Å². The van der Waals surface area contributed by atoms with Crippen molar-refractivity contribution in [2.75, 3.05) is 13.2 Å². The third-order valence-electron chi connectivity index (χ3n) is 1.14. The molecule has 0 aromatic carbocycles. The van der Waals surface area contributed by atoms with Gasteiger partial charge in [0.1, 0.15) is 0 Å². The second kappa shape index (κ2) is 6.19. The van der Waals surface area contributed by atoms with E-state index in [1.54, 1.807) is 13.8 Å². The molecular formula is C8H14N2O3. The molecule has 5 nitrogen and oxygen atoms in total. The van der Waals surface area contributed by atoms with E-state index in [0.717, 1.165) is 0 Å². The summed E-state index contributed by atoms with van der Waals surface area (Å²) in [5, 5.41) is 2.42. The van der Waals surface area contributed by atoms with Crippen molar-refractivity contribution in [3.05, 3.63) is 11.8 Å². The van der Waals surface area contributed by atoms with Gasteiger partial charge in [-0.05, 0) is 13.8 Å². The van der Waals surface area contributed by atoms with Gasteiger partial charge < -0.3 is 15.8 Å². The van der Waals surface area contributed by atoms with Gasteiger partial charge in [-0.1, -0.05) is 0 Å². The van der Waals surface area contributed by atoms with Gasteiger partial charge in [0.15, 0.2) is 0 Å². The fourth-order valence-electron chi connectivity index (χ4n) is 0.668. The number of ether oxygens (including phenoxy) is 1. The molecule has 0 aliphatic carbocycles. The Morgan fingerprint density at radius 3 is 2.62 bits per heavy atom. The fourth-order valence-corrected chi connectivity index (χ4v) is 0.668. The number of nitrogens with two attached hydrogens (primary N) is 1. The molecule has 5 heteroatoms. The maximum absolute atomic E-state index is 10.8. The normalized spacial score (nSPS) is 10.8. The first-order valence-electron chi connectivity index (χ1n) is 3.95. The molecule has 0 spiro atoms. The Morgan fingerprint density at radius 1 is 1.54 bits per heavy atom. The van der Waals surface area contributed by atoms with Crippen LogP contribution in [0.15, 0.2) is 11.8 Å². The van der Waals surface area contributed by atoms with Gasteiger partial charge in [-0.2, -0.15) is 0 Å². The minimum Gasteiger partial charge on any atom is -0.463 e. The Hall–Kier alpha value is -1.36. The lowest BCUT2D eigenvalue weighted by Gasteiger charge is -2.02. The molecule has 0 aliphatic heterocycles. The number of hydrogen-bond acceptors (Lipinski definition) is 4. The predicted octanol–water partition coefficient (Wildman–Crippen LogP) is -0.472. The van der Waals surface area contributed by atoms with Gasteiger partial charge in [-0.3, -0.25) is 4.79 Å². The second-order valence-corrected chi connectivity index (χ2v) is 2.33. The van der Waals surface area contributed by atoms with Crippen LogP contribution in [0.4, 0.5) is 0 Å². The number of hydrogen-bond donors (Lipinski definition) is 2. The molecular weight excluding hydrogens is 172 g/mol. The lowest BCUT2D eigenvalue weighted by atomic mass is 10.4. The average molecular weight is 186 g/mol. The van der Waals surface area contributed by atoms with Crippen LogP contribution in [0.25, 0.3) is 0 Å². The molecule has 0 aromatic heterocycles. The molecule has 74 valence electrons. The number of carbonyl (C=O) groups excluding carboxylic acids is 2. The van der Waals surface area contributed by atoms with Gasteiger partial charge in [-0.15, -0.1) is 0 Å². The summed E-state index contributed by atoms with van der Waals surface area (Å²) in [5.74, 6) is -0.810. The highest BCUT2D eigenvalue weighted by atomic mass is 16.5. The van der Waals surface area contributed by atoms with E-state index < -0.39 is 5.97 Å². The van der Waals surface area contributed by atoms with Crippen LogP contribution in [0.2, 0.25) is 0 Å². The number of esters is 1. The summed E-state index contributed by atoms with van der Waals surface area (Å²) in [7, 11) is 0. The number of allylic oxidation sites excluding steroid dienone is 1. The summed E-state index contributed by atoms with van der Waals surface area (Å²) in [4.78, 5) is 21.6. The van der Waals surface area contributed by atoms with Crippen LogP contribution >= 0.6 is 0 Å². The molecule has 0 saturated carbocycles. The van der Waals surface area contributed by atoms with Crippen molar-refractivity contribution in [3.8, 4) is 0 Å². The molecule has 0 atom stereocenters. The lowest BCUT2D eigenvalue weighted by molar-refractivity contribution is -0.137. The van der Waals surface area contributed by atoms with E-state index in [1.807, 2.05) is 0 Å². The van der Waals surface area contributed by atoms with Crippen molar-refractivity contribution in [2.24, 2.45) is 5.73 Å². The average Bonchev–Trinajstić information content (AvgIpc) is 2.04. The van der Waals surface area contributed by atoms with Crippen molar-refractivity contribution < 1.29 is 14.3 Å². The fraction of sp³-hybridized carbons (Fsp3) is 0.500. The van der Waals surface area contributed by atoms with Gasteiger partial charge in [0, 0.05) is 11.8 Å². The molecule has 0 radical (unpaired) electrons. The number of carbonyl (C=O) groups is 2. The second-order valence-electron chi connectivity index (χ2n) is 2.33. The first-order chi connectivity index (χ1) is 6.10. The van der Waals surface area contributed by atoms with Crippen LogP contribution in [0, 0.1) is 0 Å². The van der Waals surface area contributed by atoms with Crippen LogP contribution in [-0.4, -0.2) is 25.0 Å². The maximum atomic E-state index is 10.8. The molecule has 0 bridgehead atoms. The minimum atomic E-state index is -0.475. The van der Waals surface area contributed by atoms with Gasteiger partial charge in [0.25, 0.3) is 0 Å². The van der Waals surface area contributed by atoms with E-state index in [0.29, 0.717) is 12.3 Å². The van der Waals surface area contributed by atoms with Crippen LogP contribution in [0.3, 0.4) is 0 Å². The van der Waals surface area contributed by atoms with E-state index in [9.17, 15) is 9.59 Å². The van der Waals surface area contributed by atoms with E-state index in [4.69, 9.17) is 5.73 Å². The summed E-state index contributed by atoms with van der Waals surface area (Å²) in [5.41, 5.74) is 5.48. The SMILES string of the molecule is CCOC(=O)/C=C(/C)NC(=O)CN. The van der Waals surface area contributed by atoms with E-state index >= 15 is 0 Å². The van der Waals surface area contributed by atoms with Gasteiger partial charge in [0.2, 0.25) is 5.91 Å². The van der Waals surface area contributed by atoms with E-state index in [1.165, 1.54) is 6.08 Å². The lowest BCUT2D eigenvalue weighted by Crippen LogP contribution is -2.29. The highest BCUT2D eigenvalue weighted by Crippen LogP contribution is 1.88. The Kier molecular flexibility index (Phi) is 5.54. The van der Waals surface area contributed by atoms with Gasteiger partial charge in [-0.25, -0.2) is 4.79 Å². The molecule has 1 amide bonds. The third kappa shape index (κ3) is 5.86. The van der Waals surface area contributed by atoms with E-state index in [2.05, 4.69) is 10.1 Å². The molecule has 0 heterocycles. The molecule has 0 fully saturated rings. The Labute approximate surface area is 76.9 Å². The molecule has 0 aromatic rings. The van der Waals surface area contributed by atoms with Crippen LogP contribution in [0.5, 0.6) is 0 Å². The zero-order valence-corrected chi connectivity index (χ0v) is 7.79. The van der Waals surface area contributed by atoms with Crippen LogP contribution < -0.4 is 11.1 Å². The quantitative estimate of drug-likeness (QED) is 0.459. The highest BCUT2D eigenvalue weighted by Gasteiger charge is 2.00. The van der Waals surface area contributed by atoms with Gasteiger partial charge in [0.05, 0.1) is 13.2 Å². The molecule has 0 saturated heterocycles. The standard InChI is InChI=1S/C8H14N2O3/c1-3-13-8(12)4-6(2)10-7(11)5-9/h4H,3,5,9H2,1-2H3,(H,10,11)/b6-4-. The first kappa shape index (κ1) is 11.6. The first-order valence-corrected chi connectivity index (χ1v) is 3.95. The molecule has 0 aliphatic rings. The summed E-state index contributed by atoms with van der Waals surface area (Å²) in [6.45, 7) is 3.51. The van der Waals surface area contributed by atoms with Gasteiger partial charge >= 0.3 is 5.97 Å². The molecule has 0 rings (SSSR count). The monoisotopic (exact) mass is 186 g/mol. The van der Waals surface area contributed by atoms with Crippen LogP contribution in [0.1, 0.15) is 13.8 Å². The van der Waals surface area contributed by atoms with Crippen molar-refractivity contribution >= 4 is 11.9 Å². The minimum absolute atomic E-state index is 0.103. The summed E-state index contributed by atoms with van der Waals surface area (Å²) in [6, 6.07) is 0. The molecule has 0 unspecified atom stereocenters. The molecule has 3 N–H and O–H groups in total. The predicted molar refractivity (Wildman–Crippen MR) is 47.6 cm³/mol. The van der Waals surface area contributed by atoms with Crippen molar-refractivity contribution in [3.63, 3.8) is 0 Å². The Bertz CT molecular complexity index is 223. The Balaban J connectivity index is 4.01. The topological polar surface area (TPSA) is 81.4 Å². The Morgan fingerprint density at radius 2 is 2.15 bits per heavy atom. The maximum Gasteiger partial charge on any atom is 0.332 e. The zero-order valence-electron chi connectivity index (χ0n) is 7.79. The van der Waals surface area contributed by atoms with Crippen molar-refractivity contribution in [1.82, 2.24) is 5.32 Å². The summed E-state index contributed by atoms with van der Waals surface area (Å²) < 4.78 is 4.63. The number of nitrogens with one attached hydrogen (secondary N) is 1. The largest absolute Gasteiger partial charge is 0.463 e. The molecule has 13 heavy (non-hydrogen) atoms. The summed E-state index contributed by atoms with van der Waals surface area (Å²) in [6.07, 6.45) is 1.21. The zero-order chi connectivity index (χ0) is 10.3. The number of amides is 1. The highest BCUT2D eigenvalue weighted by molar-refractivity contribution is 5.85. The summed E-state index contributed by atoms with van der Waals surface area (Å²) >= 11 is 0.